The zero-order valence-electron chi connectivity index (χ0n) is 16.6. The zero-order chi connectivity index (χ0) is 19.7. The third-order valence-electron chi connectivity index (χ3n) is 5.28. The van der Waals surface area contributed by atoms with Crippen molar-refractivity contribution in [2.24, 2.45) is 0 Å². The third-order valence-corrected chi connectivity index (χ3v) is 5.28. The Morgan fingerprint density at radius 2 is 1.79 bits per heavy atom. The predicted molar refractivity (Wildman–Crippen MR) is 112 cm³/mol. The molecule has 5 heteroatoms. The Labute approximate surface area is 164 Å². The van der Waals surface area contributed by atoms with E-state index < -0.39 is 0 Å². The SMILES string of the molecule is Cc1cccc(-c2ncc(-c3ccc(NCc4c(C)noc4C)cc3)[nH]2)c1C. The van der Waals surface area contributed by atoms with E-state index in [0.29, 0.717) is 6.54 Å². The molecule has 0 saturated heterocycles. The molecule has 0 unspecified atom stereocenters. The van der Waals surface area contributed by atoms with Crippen molar-refractivity contribution in [3.8, 4) is 22.6 Å². The average Bonchev–Trinajstić information content (AvgIpc) is 3.30. The number of anilines is 1. The van der Waals surface area contributed by atoms with Crippen LogP contribution in [0.15, 0.2) is 53.2 Å². The summed E-state index contributed by atoms with van der Waals surface area (Å²) in [5, 5.41) is 7.42. The van der Waals surface area contributed by atoms with Gasteiger partial charge in [-0.25, -0.2) is 4.98 Å². The molecule has 4 aromatic rings. The molecule has 2 heterocycles. The Morgan fingerprint density at radius 1 is 1.00 bits per heavy atom. The van der Waals surface area contributed by atoms with Gasteiger partial charge in [0.2, 0.25) is 0 Å². The molecule has 2 aromatic heterocycles. The van der Waals surface area contributed by atoms with Gasteiger partial charge in [0.25, 0.3) is 0 Å². The summed E-state index contributed by atoms with van der Waals surface area (Å²) in [5.41, 5.74) is 8.86. The highest BCUT2D eigenvalue weighted by atomic mass is 16.5. The van der Waals surface area contributed by atoms with Crippen LogP contribution in [0, 0.1) is 27.7 Å². The van der Waals surface area contributed by atoms with Crippen molar-refractivity contribution in [1.82, 2.24) is 15.1 Å². The minimum Gasteiger partial charge on any atom is -0.381 e. The fourth-order valence-corrected chi connectivity index (χ4v) is 3.32. The van der Waals surface area contributed by atoms with Crippen LogP contribution in [0.25, 0.3) is 22.6 Å². The molecule has 142 valence electrons. The summed E-state index contributed by atoms with van der Waals surface area (Å²) in [5.74, 6) is 1.76. The highest BCUT2D eigenvalue weighted by molar-refractivity contribution is 5.68. The maximum absolute atomic E-state index is 5.21. The van der Waals surface area contributed by atoms with Crippen molar-refractivity contribution in [3.63, 3.8) is 0 Å². The van der Waals surface area contributed by atoms with Crippen LogP contribution < -0.4 is 5.32 Å². The Hall–Kier alpha value is -3.34. The first-order chi connectivity index (χ1) is 13.5. The molecule has 0 radical (unpaired) electrons. The van der Waals surface area contributed by atoms with Crippen molar-refractivity contribution in [2.75, 3.05) is 5.32 Å². The molecule has 2 N–H and O–H groups in total. The smallest absolute Gasteiger partial charge is 0.138 e. The number of nitrogens with one attached hydrogen (secondary N) is 2. The number of hydrogen-bond acceptors (Lipinski definition) is 4. The van der Waals surface area contributed by atoms with Crippen LogP contribution in [0.1, 0.15) is 28.1 Å². The van der Waals surface area contributed by atoms with Gasteiger partial charge in [-0.05, 0) is 56.5 Å². The first kappa shape index (κ1) is 18.0. The highest BCUT2D eigenvalue weighted by Crippen LogP contribution is 2.27. The van der Waals surface area contributed by atoms with Gasteiger partial charge in [0.05, 0.1) is 17.6 Å². The second kappa shape index (κ2) is 7.35. The Balaban J connectivity index is 1.50. The van der Waals surface area contributed by atoms with Gasteiger partial charge in [0.1, 0.15) is 11.6 Å². The summed E-state index contributed by atoms with van der Waals surface area (Å²) in [7, 11) is 0. The van der Waals surface area contributed by atoms with Crippen molar-refractivity contribution in [1.29, 1.82) is 0 Å². The minimum absolute atomic E-state index is 0.696. The van der Waals surface area contributed by atoms with E-state index in [1.54, 1.807) is 0 Å². The lowest BCUT2D eigenvalue weighted by atomic mass is 10.0. The fourth-order valence-electron chi connectivity index (χ4n) is 3.32. The van der Waals surface area contributed by atoms with Gasteiger partial charge in [0, 0.05) is 23.4 Å². The van der Waals surface area contributed by atoms with E-state index in [1.807, 2.05) is 20.0 Å². The molecule has 0 fully saturated rings. The number of hydrogen-bond donors (Lipinski definition) is 2. The van der Waals surface area contributed by atoms with Gasteiger partial charge in [-0.1, -0.05) is 35.5 Å². The van der Waals surface area contributed by atoms with Crippen LogP contribution in [0.5, 0.6) is 0 Å². The monoisotopic (exact) mass is 372 g/mol. The minimum atomic E-state index is 0.696. The van der Waals surface area contributed by atoms with Crippen LogP contribution in [-0.2, 0) is 6.54 Å². The molecule has 0 amide bonds. The normalized spacial score (nSPS) is 11.0. The van der Waals surface area contributed by atoms with Crippen molar-refractivity contribution < 1.29 is 4.52 Å². The van der Waals surface area contributed by atoms with Crippen LogP contribution in [-0.4, -0.2) is 15.1 Å². The number of aromatic nitrogens is 3. The lowest BCUT2D eigenvalue weighted by Gasteiger charge is -2.07. The molecular formula is C23H24N4O. The van der Waals surface area contributed by atoms with E-state index in [9.17, 15) is 0 Å². The molecule has 0 spiro atoms. The van der Waals surface area contributed by atoms with Crippen LogP contribution in [0.3, 0.4) is 0 Å². The Bertz CT molecular complexity index is 1090. The number of H-pyrrole nitrogens is 1. The summed E-state index contributed by atoms with van der Waals surface area (Å²) in [6, 6.07) is 14.6. The third kappa shape index (κ3) is 3.43. The number of imidazole rings is 1. The molecule has 2 aromatic carbocycles. The molecule has 4 rings (SSSR count). The molecule has 0 saturated carbocycles. The Kier molecular flexibility index (Phi) is 4.74. The number of nitrogens with zero attached hydrogens (tertiary/aromatic N) is 2. The highest BCUT2D eigenvalue weighted by Gasteiger charge is 2.10. The van der Waals surface area contributed by atoms with Crippen LogP contribution >= 0.6 is 0 Å². The van der Waals surface area contributed by atoms with Crippen molar-refractivity contribution >= 4 is 5.69 Å². The van der Waals surface area contributed by atoms with E-state index in [2.05, 4.69) is 76.8 Å². The molecule has 5 nitrogen and oxygen atoms in total. The topological polar surface area (TPSA) is 66.7 Å². The van der Waals surface area contributed by atoms with E-state index in [0.717, 1.165) is 45.4 Å². The van der Waals surface area contributed by atoms with Gasteiger partial charge >= 0.3 is 0 Å². The molecule has 0 aliphatic rings. The molecule has 28 heavy (non-hydrogen) atoms. The van der Waals surface area contributed by atoms with E-state index in [-0.39, 0.29) is 0 Å². The summed E-state index contributed by atoms with van der Waals surface area (Å²) in [6.07, 6.45) is 1.89. The van der Waals surface area contributed by atoms with Gasteiger partial charge in [0.15, 0.2) is 0 Å². The summed E-state index contributed by atoms with van der Waals surface area (Å²) >= 11 is 0. The van der Waals surface area contributed by atoms with Gasteiger partial charge in [-0.15, -0.1) is 0 Å². The second-order valence-corrected chi connectivity index (χ2v) is 7.13. The zero-order valence-corrected chi connectivity index (χ0v) is 16.6. The average molecular weight is 372 g/mol. The number of benzene rings is 2. The second-order valence-electron chi connectivity index (χ2n) is 7.13. The Morgan fingerprint density at radius 3 is 2.50 bits per heavy atom. The summed E-state index contributed by atoms with van der Waals surface area (Å²) < 4.78 is 5.21. The number of aromatic amines is 1. The number of rotatable bonds is 5. The molecular weight excluding hydrogens is 348 g/mol. The predicted octanol–water partition coefficient (Wildman–Crippen LogP) is 5.58. The first-order valence-corrected chi connectivity index (χ1v) is 9.40. The van der Waals surface area contributed by atoms with Crippen LogP contribution in [0.4, 0.5) is 5.69 Å². The van der Waals surface area contributed by atoms with Gasteiger partial charge < -0.3 is 14.8 Å². The molecule has 0 bridgehead atoms. The first-order valence-electron chi connectivity index (χ1n) is 9.40. The summed E-state index contributed by atoms with van der Waals surface area (Å²) in [4.78, 5) is 8.04. The number of aryl methyl sites for hydroxylation is 3. The summed E-state index contributed by atoms with van der Waals surface area (Å²) in [6.45, 7) is 8.85. The van der Waals surface area contributed by atoms with Crippen molar-refractivity contribution in [3.05, 3.63) is 76.8 Å². The standard InChI is InChI=1S/C23H24N4O/c1-14-6-5-7-20(15(14)2)23-25-13-22(26-23)18-8-10-19(11-9-18)24-12-21-16(3)27-28-17(21)4/h5-11,13,24H,12H2,1-4H3,(H,25,26). The van der Waals surface area contributed by atoms with E-state index in [1.165, 1.54) is 11.1 Å². The van der Waals surface area contributed by atoms with E-state index in [4.69, 9.17) is 4.52 Å². The maximum atomic E-state index is 5.21. The van der Waals surface area contributed by atoms with Crippen molar-refractivity contribution in [2.45, 2.75) is 34.2 Å². The lowest BCUT2D eigenvalue weighted by Crippen LogP contribution is -2.01. The fraction of sp³-hybridized carbons (Fsp3) is 0.217. The molecule has 0 aliphatic carbocycles. The largest absolute Gasteiger partial charge is 0.381 e. The molecule has 0 aliphatic heterocycles. The molecule has 0 atom stereocenters. The van der Waals surface area contributed by atoms with Gasteiger partial charge in [-0.2, -0.15) is 0 Å². The van der Waals surface area contributed by atoms with Crippen LogP contribution in [0.2, 0.25) is 0 Å². The maximum Gasteiger partial charge on any atom is 0.138 e. The quantitative estimate of drug-likeness (QED) is 0.480. The van der Waals surface area contributed by atoms with Gasteiger partial charge in [-0.3, -0.25) is 0 Å². The van der Waals surface area contributed by atoms with E-state index >= 15 is 0 Å². The lowest BCUT2D eigenvalue weighted by molar-refractivity contribution is 0.392.